The van der Waals surface area contributed by atoms with Gasteiger partial charge in [0.1, 0.15) is 0 Å². The summed E-state index contributed by atoms with van der Waals surface area (Å²) in [5.41, 5.74) is 9.14. The zero-order valence-electron chi connectivity index (χ0n) is 11.8. The van der Waals surface area contributed by atoms with Crippen LogP contribution in [0.15, 0.2) is 24.3 Å². The van der Waals surface area contributed by atoms with Crippen molar-refractivity contribution < 1.29 is 4.74 Å². The van der Waals surface area contributed by atoms with Crippen LogP contribution in [0, 0.1) is 0 Å². The van der Waals surface area contributed by atoms with E-state index in [0.29, 0.717) is 6.10 Å². The summed E-state index contributed by atoms with van der Waals surface area (Å²) in [6, 6.07) is 8.83. The minimum absolute atomic E-state index is 0.126. The number of hydrogen-bond acceptors (Lipinski definition) is 3. The van der Waals surface area contributed by atoms with Crippen LogP contribution in [0.5, 0.6) is 0 Å². The predicted molar refractivity (Wildman–Crippen MR) is 78.5 cm³/mol. The standard InChI is InChI=1S/C16H24N2O/c1-19-14-10-16(11-14,12-17)18-9-5-4-7-13-6-2-3-8-15(13)18/h2-3,6,8,14H,4-5,7,9-12,17H2,1H3. The molecule has 3 heteroatoms. The Bertz CT molecular complexity index is 440. The average Bonchev–Trinajstić information content (AvgIpc) is 2.62. The maximum atomic E-state index is 6.13. The summed E-state index contributed by atoms with van der Waals surface area (Å²) >= 11 is 0. The van der Waals surface area contributed by atoms with Crippen molar-refractivity contribution in [3.05, 3.63) is 29.8 Å². The molecule has 2 N–H and O–H groups in total. The van der Waals surface area contributed by atoms with Crippen LogP contribution in [0.1, 0.15) is 31.2 Å². The van der Waals surface area contributed by atoms with E-state index in [-0.39, 0.29) is 5.54 Å². The summed E-state index contributed by atoms with van der Waals surface area (Å²) in [6.45, 7) is 1.85. The molecule has 1 heterocycles. The molecular formula is C16H24N2O. The Morgan fingerprint density at radius 3 is 2.84 bits per heavy atom. The van der Waals surface area contributed by atoms with E-state index in [4.69, 9.17) is 10.5 Å². The molecule has 1 aliphatic heterocycles. The number of anilines is 1. The van der Waals surface area contributed by atoms with E-state index >= 15 is 0 Å². The van der Waals surface area contributed by atoms with Gasteiger partial charge in [0.2, 0.25) is 0 Å². The molecule has 0 bridgehead atoms. The van der Waals surface area contributed by atoms with Gasteiger partial charge in [0, 0.05) is 25.9 Å². The quantitative estimate of drug-likeness (QED) is 0.906. The van der Waals surface area contributed by atoms with Crippen molar-refractivity contribution in [3.63, 3.8) is 0 Å². The van der Waals surface area contributed by atoms with E-state index in [0.717, 1.165) is 25.9 Å². The van der Waals surface area contributed by atoms with Crippen LogP contribution in [0.25, 0.3) is 0 Å². The third-order valence-corrected chi connectivity index (χ3v) is 4.86. The van der Waals surface area contributed by atoms with Gasteiger partial charge in [-0.05, 0) is 43.7 Å². The van der Waals surface area contributed by atoms with Crippen molar-refractivity contribution in [2.75, 3.05) is 25.1 Å². The molecule has 0 amide bonds. The molecule has 0 unspecified atom stereocenters. The molecule has 3 nitrogen and oxygen atoms in total. The van der Waals surface area contributed by atoms with Gasteiger partial charge in [-0.3, -0.25) is 0 Å². The van der Waals surface area contributed by atoms with Crippen molar-refractivity contribution >= 4 is 5.69 Å². The fraction of sp³-hybridized carbons (Fsp3) is 0.625. The fourth-order valence-corrected chi connectivity index (χ4v) is 3.64. The monoisotopic (exact) mass is 260 g/mol. The Kier molecular flexibility index (Phi) is 3.50. The van der Waals surface area contributed by atoms with Crippen LogP contribution in [-0.2, 0) is 11.2 Å². The summed E-state index contributed by atoms with van der Waals surface area (Å²) < 4.78 is 5.47. The van der Waals surface area contributed by atoms with Gasteiger partial charge in [-0.15, -0.1) is 0 Å². The lowest BCUT2D eigenvalue weighted by molar-refractivity contribution is -0.0141. The maximum absolute atomic E-state index is 6.13. The van der Waals surface area contributed by atoms with Gasteiger partial charge in [-0.2, -0.15) is 0 Å². The molecule has 1 saturated carbocycles. The fourth-order valence-electron chi connectivity index (χ4n) is 3.64. The van der Waals surface area contributed by atoms with Gasteiger partial charge >= 0.3 is 0 Å². The lowest BCUT2D eigenvalue weighted by Gasteiger charge is -2.54. The smallest absolute Gasteiger partial charge is 0.0617 e. The second kappa shape index (κ2) is 5.14. The number of hydrogen-bond donors (Lipinski definition) is 1. The van der Waals surface area contributed by atoms with Gasteiger partial charge in [-0.1, -0.05) is 18.2 Å². The number of nitrogens with two attached hydrogens (primary N) is 1. The number of ether oxygens (including phenoxy) is 1. The number of aryl methyl sites for hydroxylation is 1. The third kappa shape index (κ3) is 2.15. The first-order valence-corrected chi connectivity index (χ1v) is 7.37. The van der Waals surface area contributed by atoms with Crippen molar-refractivity contribution in [3.8, 4) is 0 Å². The summed E-state index contributed by atoms with van der Waals surface area (Å²) in [5, 5.41) is 0. The molecule has 0 saturated heterocycles. The molecular weight excluding hydrogens is 236 g/mol. The van der Waals surface area contributed by atoms with Gasteiger partial charge < -0.3 is 15.4 Å². The summed E-state index contributed by atoms with van der Waals surface area (Å²) in [7, 11) is 1.81. The SMILES string of the molecule is COC1CC(CN)(N2CCCCc3ccccc32)C1. The summed E-state index contributed by atoms with van der Waals surface area (Å²) in [4.78, 5) is 2.57. The molecule has 19 heavy (non-hydrogen) atoms. The average molecular weight is 260 g/mol. The zero-order valence-corrected chi connectivity index (χ0v) is 11.8. The molecule has 1 aromatic carbocycles. The van der Waals surface area contributed by atoms with Gasteiger partial charge in [0.15, 0.2) is 0 Å². The van der Waals surface area contributed by atoms with Crippen molar-refractivity contribution in [2.45, 2.75) is 43.7 Å². The number of methoxy groups -OCH3 is 1. The minimum Gasteiger partial charge on any atom is -0.381 e. The lowest BCUT2D eigenvalue weighted by Crippen LogP contribution is -2.64. The highest BCUT2D eigenvalue weighted by Gasteiger charge is 2.48. The van der Waals surface area contributed by atoms with E-state index in [1.54, 1.807) is 0 Å². The van der Waals surface area contributed by atoms with Crippen LogP contribution >= 0.6 is 0 Å². The third-order valence-electron chi connectivity index (χ3n) is 4.86. The van der Waals surface area contributed by atoms with Crippen molar-refractivity contribution in [1.29, 1.82) is 0 Å². The Labute approximate surface area is 115 Å². The number of nitrogens with zero attached hydrogens (tertiary/aromatic N) is 1. The zero-order chi connectivity index (χ0) is 13.3. The molecule has 1 fully saturated rings. The normalized spacial score (nSPS) is 30.4. The molecule has 104 valence electrons. The van der Waals surface area contributed by atoms with Crippen LogP contribution in [0.3, 0.4) is 0 Å². The highest BCUT2D eigenvalue weighted by Crippen LogP contribution is 2.43. The second-order valence-electron chi connectivity index (χ2n) is 5.93. The van der Waals surface area contributed by atoms with Crippen LogP contribution in [-0.4, -0.2) is 31.8 Å². The molecule has 1 aromatic rings. The Morgan fingerprint density at radius 1 is 1.32 bits per heavy atom. The number of para-hydroxylation sites is 1. The largest absolute Gasteiger partial charge is 0.381 e. The first-order valence-electron chi connectivity index (χ1n) is 7.37. The van der Waals surface area contributed by atoms with Crippen LogP contribution in [0.4, 0.5) is 5.69 Å². The highest BCUT2D eigenvalue weighted by molar-refractivity contribution is 5.57. The van der Waals surface area contributed by atoms with E-state index in [1.165, 1.54) is 30.5 Å². The molecule has 3 rings (SSSR count). The molecule has 2 aliphatic rings. The predicted octanol–water partition coefficient (Wildman–Crippen LogP) is 2.34. The van der Waals surface area contributed by atoms with Gasteiger partial charge in [0.25, 0.3) is 0 Å². The number of fused-ring (bicyclic) bond motifs is 1. The van der Waals surface area contributed by atoms with Crippen molar-refractivity contribution in [2.24, 2.45) is 5.73 Å². The second-order valence-corrected chi connectivity index (χ2v) is 5.93. The van der Waals surface area contributed by atoms with Crippen LogP contribution < -0.4 is 10.6 Å². The molecule has 0 aromatic heterocycles. The van der Waals surface area contributed by atoms with E-state index in [9.17, 15) is 0 Å². The number of rotatable bonds is 3. The molecule has 1 aliphatic carbocycles. The summed E-state index contributed by atoms with van der Waals surface area (Å²) in [6.07, 6.45) is 6.25. The first kappa shape index (κ1) is 12.9. The maximum Gasteiger partial charge on any atom is 0.0617 e. The van der Waals surface area contributed by atoms with Gasteiger partial charge in [-0.25, -0.2) is 0 Å². The lowest BCUT2D eigenvalue weighted by atomic mass is 9.72. The Balaban J connectivity index is 1.91. The Hall–Kier alpha value is -1.06. The molecule has 0 spiro atoms. The summed E-state index contributed by atoms with van der Waals surface area (Å²) in [5.74, 6) is 0. The van der Waals surface area contributed by atoms with Crippen molar-refractivity contribution in [1.82, 2.24) is 0 Å². The van der Waals surface area contributed by atoms with E-state index < -0.39 is 0 Å². The highest BCUT2D eigenvalue weighted by atomic mass is 16.5. The Morgan fingerprint density at radius 2 is 2.11 bits per heavy atom. The molecule has 0 atom stereocenters. The topological polar surface area (TPSA) is 38.5 Å². The van der Waals surface area contributed by atoms with E-state index in [2.05, 4.69) is 29.2 Å². The van der Waals surface area contributed by atoms with E-state index in [1.807, 2.05) is 7.11 Å². The molecule has 0 radical (unpaired) electrons. The number of benzene rings is 1. The van der Waals surface area contributed by atoms with Gasteiger partial charge in [0.05, 0.1) is 11.6 Å². The van der Waals surface area contributed by atoms with Crippen LogP contribution in [0.2, 0.25) is 0 Å². The first-order chi connectivity index (χ1) is 9.29. The minimum atomic E-state index is 0.126.